The SMILES string of the molecule is NCc1nnc(-c2sccc2Cl)o1. The van der Waals surface area contributed by atoms with Crippen LogP contribution in [0.1, 0.15) is 5.89 Å². The van der Waals surface area contributed by atoms with Crippen molar-refractivity contribution in [1.29, 1.82) is 0 Å². The van der Waals surface area contributed by atoms with Gasteiger partial charge in [0.15, 0.2) is 0 Å². The lowest BCUT2D eigenvalue weighted by molar-refractivity contribution is 0.510. The predicted molar refractivity (Wildman–Crippen MR) is 50.5 cm³/mol. The third-order valence-corrected chi connectivity index (χ3v) is 2.78. The third-order valence-electron chi connectivity index (χ3n) is 1.45. The lowest BCUT2D eigenvalue weighted by Crippen LogP contribution is -1.95. The summed E-state index contributed by atoms with van der Waals surface area (Å²) in [7, 11) is 0. The molecular weight excluding hydrogens is 210 g/mol. The fraction of sp³-hybridized carbons (Fsp3) is 0.143. The number of nitrogens with zero attached hydrogens (tertiary/aromatic N) is 2. The highest BCUT2D eigenvalue weighted by Gasteiger charge is 2.11. The molecule has 68 valence electrons. The molecule has 2 N–H and O–H groups in total. The van der Waals surface area contributed by atoms with E-state index in [9.17, 15) is 0 Å². The molecular formula is C7H6ClN3OS. The number of halogens is 1. The minimum atomic E-state index is 0.246. The van der Waals surface area contributed by atoms with Gasteiger partial charge >= 0.3 is 0 Å². The van der Waals surface area contributed by atoms with E-state index in [2.05, 4.69) is 10.2 Å². The van der Waals surface area contributed by atoms with Crippen molar-refractivity contribution in [3.63, 3.8) is 0 Å². The zero-order valence-corrected chi connectivity index (χ0v) is 8.10. The van der Waals surface area contributed by atoms with Crippen LogP contribution < -0.4 is 5.73 Å². The summed E-state index contributed by atoms with van der Waals surface area (Å²) in [6, 6.07) is 1.79. The fourth-order valence-corrected chi connectivity index (χ4v) is 1.93. The molecule has 4 nitrogen and oxygen atoms in total. The number of hydrogen-bond donors (Lipinski definition) is 1. The summed E-state index contributed by atoms with van der Waals surface area (Å²) < 4.78 is 5.24. The molecule has 6 heteroatoms. The highest BCUT2D eigenvalue weighted by Crippen LogP contribution is 2.31. The average molecular weight is 216 g/mol. The highest BCUT2D eigenvalue weighted by molar-refractivity contribution is 7.14. The molecule has 0 aliphatic heterocycles. The quantitative estimate of drug-likeness (QED) is 0.831. The summed E-state index contributed by atoms with van der Waals surface area (Å²) in [5, 5.41) is 10.0. The van der Waals surface area contributed by atoms with Crippen molar-refractivity contribution >= 4 is 22.9 Å². The standard InChI is InChI=1S/C7H6ClN3OS/c8-4-1-2-13-6(4)7-11-10-5(3-9)12-7/h1-2H,3,9H2. The Labute approximate surface area is 83.3 Å². The second-order valence-electron chi connectivity index (χ2n) is 2.30. The molecule has 0 atom stereocenters. The second kappa shape index (κ2) is 3.45. The normalized spacial score (nSPS) is 10.6. The summed E-state index contributed by atoms with van der Waals surface area (Å²) in [4.78, 5) is 0.786. The van der Waals surface area contributed by atoms with Crippen LogP contribution in [0.3, 0.4) is 0 Å². The Hall–Kier alpha value is -0.910. The molecule has 0 unspecified atom stereocenters. The minimum Gasteiger partial charge on any atom is -0.418 e. The Morgan fingerprint density at radius 2 is 2.38 bits per heavy atom. The van der Waals surface area contributed by atoms with Gasteiger partial charge in [-0.05, 0) is 11.4 Å². The molecule has 2 aromatic rings. The van der Waals surface area contributed by atoms with E-state index in [-0.39, 0.29) is 6.54 Å². The first-order valence-corrected chi connectivity index (χ1v) is 4.83. The molecule has 0 bridgehead atoms. The van der Waals surface area contributed by atoms with Crippen molar-refractivity contribution in [2.75, 3.05) is 0 Å². The van der Waals surface area contributed by atoms with E-state index in [0.29, 0.717) is 16.8 Å². The summed E-state index contributed by atoms with van der Waals surface area (Å²) in [6.07, 6.45) is 0. The van der Waals surface area contributed by atoms with Crippen LogP contribution in [0.5, 0.6) is 0 Å². The smallest absolute Gasteiger partial charge is 0.259 e. The monoisotopic (exact) mass is 215 g/mol. The molecule has 0 aromatic carbocycles. The number of hydrogen-bond acceptors (Lipinski definition) is 5. The molecule has 2 aromatic heterocycles. The Kier molecular flexibility index (Phi) is 2.30. The maximum atomic E-state index is 5.88. The molecule has 0 saturated heterocycles. The van der Waals surface area contributed by atoms with Gasteiger partial charge in [0.05, 0.1) is 11.6 Å². The molecule has 2 heterocycles. The van der Waals surface area contributed by atoms with Gasteiger partial charge in [-0.15, -0.1) is 21.5 Å². The van der Waals surface area contributed by atoms with E-state index in [4.69, 9.17) is 21.8 Å². The van der Waals surface area contributed by atoms with Crippen molar-refractivity contribution in [2.45, 2.75) is 6.54 Å². The van der Waals surface area contributed by atoms with E-state index in [0.717, 1.165) is 4.88 Å². The maximum Gasteiger partial charge on any atom is 0.259 e. The fourth-order valence-electron chi connectivity index (χ4n) is 0.874. The van der Waals surface area contributed by atoms with Crippen molar-refractivity contribution in [3.8, 4) is 10.8 Å². The summed E-state index contributed by atoms with van der Waals surface area (Å²) in [6.45, 7) is 0.246. The average Bonchev–Trinajstić information content (AvgIpc) is 2.71. The third kappa shape index (κ3) is 1.58. The molecule has 0 aliphatic carbocycles. The van der Waals surface area contributed by atoms with E-state index < -0.39 is 0 Å². The first-order valence-electron chi connectivity index (χ1n) is 3.57. The molecule has 0 aliphatic rings. The summed E-state index contributed by atoms with van der Waals surface area (Å²) in [5.41, 5.74) is 5.33. The molecule has 0 saturated carbocycles. The van der Waals surface area contributed by atoms with Gasteiger partial charge in [-0.2, -0.15) is 0 Å². The topological polar surface area (TPSA) is 64.9 Å². The molecule has 0 amide bonds. The van der Waals surface area contributed by atoms with Crippen molar-refractivity contribution in [3.05, 3.63) is 22.4 Å². The van der Waals surface area contributed by atoms with Gasteiger partial charge in [-0.25, -0.2) is 0 Å². The van der Waals surface area contributed by atoms with Gasteiger partial charge < -0.3 is 10.2 Å². The summed E-state index contributed by atoms with van der Waals surface area (Å²) >= 11 is 7.34. The van der Waals surface area contributed by atoms with Gasteiger partial charge in [-0.3, -0.25) is 0 Å². The maximum absolute atomic E-state index is 5.88. The van der Waals surface area contributed by atoms with Gasteiger partial charge in [-0.1, -0.05) is 11.6 Å². The van der Waals surface area contributed by atoms with Gasteiger partial charge in [0.25, 0.3) is 5.89 Å². The van der Waals surface area contributed by atoms with Crippen LogP contribution in [-0.4, -0.2) is 10.2 Å². The lowest BCUT2D eigenvalue weighted by Gasteiger charge is -1.88. The lowest BCUT2D eigenvalue weighted by atomic mass is 10.5. The van der Waals surface area contributed by atoms with Crippen LogP contribution in [0.2, 0.25) is 5.02 Å². The van der Waals surface area contributed by atoms with E-state index in [1.165, 1.54) is 11.3 Å². The zero-order valence-electron chi connectivity index (χ0n) is 6.53. The van der Waals surface area contributed by atoms with Crippen LogP contribution in [0.15, 0.2) is 15.9 Å². The second-order valence-corrected chi connectivity index (χ2v) is 3.63. The van der Waals surface area contributed by atoms with Crippen LogP contribution in [0, 0.1) is 0 Å². The Morgan fingerprint density at radius 1 is 1.54 bits per heavy atom. The number of thiophene rings is 1. The van der Waals surface area contributed by atoms with Crippen molar-refractivity contribution in [1.82, 2.24) is 10.2 Å². The first-order chi connectivity index (χ1) is 6.31. The summed E-state index contributed by atoms with van der Waals surface area (Å²) in [5.74, 6) is 0.847. The first kappa shape index (κ1) is 8.68. The van der Waals surface area contributed by atoms with E-state index in [1.54, 1.807) is 6.07 Å². The van der Waals surface area contributed by atoms with Gasteiger partial charge in [0.1, 0.15) is 4.88 Å². The van der Waals surface area contributed by atoms with Crippen LogP contribution in [0.25, 0.3) is 10.8 Å². The molecule has 0 radical (unpaired) electrons. The van der Waals surface area contributed by atoms with Crippen molar-refractivity contribution < 1.29 is 4.42 Å². The predicted octanol–water partition coefficient (Wildman–Crippen LogP) is 1.91. The number of nitrogens with two attached hydrogens (primary N) is 1. The van der Waals surface area contributed by atoms with Crippen LogP contribution in [0.4, 0.5) is 0 Å². The Bertz CT molecular complexity index is 411. The largest absolute Gasteiger partial charge is 0.418 e. The van der Waals surface area contributed by atoms with Gasteiger partial charge in [0, 0.05) is 0 Å². The van der Waals surface area contributed by atoms with E-state index in [1.807, 2.05) is 5.38 Å². The molecule has 0 fully saturated rings. The van der Waals surface area contributed by atoms with Crippen LogP contribution >= 0.6 is 22.9 Å². The molecule has 0 spiro atoms. The minimum absolute atomic E-state index is 0.246. The van der Waals surface area contributed by atoms with Gasteiger partial charge in [0.2, 0.25) is 5.89 Å². The van der Waals surface area contributed by atoms with E-state index >= 15 is 0 Å². The molecule has 2 rings (SSSR count). The molecule has 13 heavy (non-hydrogen) atoms. The highest BCUT2D eigenvalue weighted by atomic mass is 35.5. The number of aromatic nitrogens is 2. The Morgan fingerprint density at radius 3 is 2.92 bits per heavy atom. The van der Waals surface area contributed by atoms with Crippen molar-refractivity contribution in [2.24, 2.45) is 5.73 Å². The van der Waals surface area contributed by atoms with Crippen LogP contribution in [-0.2, 0) is 6.54 Å². The number of rotatable bonds is 2. The Balaban J connectivity index is 2.41. The zero-order chi connectivity index (χ0) is 9.26.